The highest BCUT2D eigenvalue weighted by atomic mass is 32.1. The van der Waals surface area contributed by atoms with Gasteiger partial charge in [-0.25, -0.2) is 9.37 Å². The lowest BCUT2D eigenvalue weighted by Crippen LogP contribution is -2.21. The number of fused-ring (bicyclic) bond motifs is 1. The number of nitrogens with two attached hydrogens (primary N) is 1. The van der Waals surface area contributed by atoms with Crippen LogP contribution < -0.4 is 5.73 Å². The molecule has 0 saturated heterocycles. The second-order valence-electron chi connectivity index (χ2n) is 3.59. The SMILES string of the molecule is CCC(N)Cc1nc2cc(F)ccc2s1. The summed E-state index contributed by atoms with van der Waals surface area (Å²) in [7, 11) is 0. The van der Waals surface area contributed by atoms with E-state index in [1.54, 1.807) is 17.4 Å². The van der Waals surface area contributed by atoms with Crippen molar-refractivity contribution in [1.29, 1.82) is 0 Å². The summed E-state index contributed by atoms with van der Waals surface area (Å²) in [4.78, 5) is 4.36. The van der Waals surface area contributed by atoms with Gasteiger partial charge in [-0.2, -0.15) is 0 Å². The number of hydrogen-bond donors (Lipinski definition) is 1. The topological polar surface area (TPSA) is 38.9 Å². The third-order valence-corrected chi connectivity index (χ3v) is 3.41. The monoisotopic (exact) mass is 224 g/mol. The number of thiazole rings is 1. The average molecular weight is 224 g/mol. The Kier molecular flexibility index (Phi) is 2.98. The minimum Gasteiger partial charge on any atom is -0.327 e. The number of hydrogen-bond acceptors (Lipinski definition) is 3. The summed E-state index contributed by atoms with van der Waals surface area (Å²) in [5, 5.41) is 0.991. The molecule has 1 atom stereocenters. The van der Waals surface area contributed by atoms with Gasteiger partial charge >= 0.3 is 0 Å². The molecule has 0 radical (unpaired) electrons. The van der Waals surface area contributed by atoms with Gasteiger partial charge in [0.25, 0.3) is 0 Å². The molecule has 2 N–H and O–H groups in total. The Bertz CT molecular complexity index is 467. The molecule has 1 aromatic heterocycles. The van der Waals surface area contributed by atoms with Crippen molar-refractivity contribution in [2.45, 2.75) is 25.8 Å². The molecule has 0 bridgehead atoms. The van der Waals surface area contributed by atoms with Crippen LogP contribution in [0.1, 0.15) is 18.4 Å². The second kappa shape index (κ2) is 4.24. The molecule has 2 aromatic rings. The maximum absolute atomic E-state index is 12.9. The van der Waals surface area contributed by atoms with Crippen LogP contribution in [0, 0.1) is 5.82 Å². The molecule has 0 spiro atoms. The van der Waals surface area contributed by atoms with E-state index in [-0.39, 0.29) is 11.9 Å². The van der Waals surface area contributed by atoms with Gasteiger partial charge in [0.1, 0.15) is 5.82 Å². The van der Waals surface area contributed by atoms with Crippen molar-refractivity contribution in [2.24, 2.45) is 5.73 Å². The molecule has 2 nitrogen and oxygen atoms in total. The van der Waals surface area contributed by atoms with Crippen molar-refractivity contribution < 1.29 is 4.39 Å². The van der Waals surface area contributed by atoms with Gasteiger partial charge in [0.15, 0.2) is 0 Å². The lowest BCUT2D eigenvalue weighted by molar-refractivity contribution is 0.629. The normalized spacial score (nSPS) is 13.3. The minimum absolute atomic E-state index is 0.149. The lowest BCUT2D eigenvalue weighted by atomic mass is 10.2. The Balaban J connectivity index is 2.30. The number of aromatic nitrogens is 1. The average Bonchev–Trinajstić information content (AvgIpc) is 2.59. The Hall–Kier alpha value is -1.00. The zero-order chi connectivity index (χ0) is 10.8. The lowest BCUT2D eigenvalue weighted by Gasteiger charge is -2.03. The van der Waals surface area contributed by atoms with Gasteiger partial charge in [0.05, 0.1) is 15.2 Å². The first kappa shape index (κ1) is 10.5. The largest absolute Gasteiger partial charge is 0.327 e. The highest BCUT2D eigenvalue weighted by Crippen LogP contribution is 2.23. The van der Waals surface area contributed by atoms with Crippen LogP contribution in [0.5, 0.6) is 0 Å². The summed E-state index contributed by atoms with van der Waals surface area (Å²) >= 11 is 1.59. The van der Waals surface area contributed by atoms with E-state index in [2.05, 4.69) is 11.9 Å². The van der Waals surface area contributed by atoms with Crippen LogP contribution in [0.4, 0.5) is 4.39 Å². The second-order valence-corrected chi connectivity index (χ2v) is 4.71. The molecule has 15 heavy (non-hydrogen) atoms. The van der Waals surface area contributed by atoms with Crippen LogP contribution in [-0.2, 0) is 6.42 Å². The smallest absolute Gasteiger partial charge is 0.125 e. The standard InChI is InChI=1S/C11H13FN2S/c1-2-8(13)6-11-14-9-5-7(12)3-4-10(9)15-11/h3-5,8H,2,6,13H2,1H3. The van der Waals surface area contributed by atoms with E-state index in [1.807, 2.05) is 0 Å². The summed E-state index contributed by atoms with van der Waals surface area (Å²) in [6.07, 6.45) is 1.71. The van der Waals surface area contributed by atoms with Crippen LogP contribution >= 0.6 is 11.3 Å². The van der Waals surface area contributed by atoms with E-state index < -0.39 is 0 Å². The molecule has 1 heterocycles. The molecule has 0 amide bonds. The number of rotatable bonds is 3. The number of halogens is 1. The molecular formula is C11H13FN2S. The van der Waals surface area contributed by atoms with Gasteiger partial charge in [-0.15, -0.1) is 11.3 Å². The summed E-state index contributed by atoms with van der Waals surface area (Å²) in [5.41, 5.74) is 6.58. The highest BCUT2D eigenvalue weighted by Gasteiger charge is 2.07. The summed E-state index contributed by atoms with van der Waals surface area (Å²) in [6, 6.07) is 4.84. The third kappa shape index (κ3) is 2.33. The van der Waals surface area contributed by atoms with Gasteiger partial charge < -0.3 is 5.73 Å². The minimum atomic E-state index is -0.237. The van der Waals surface area contributed by atoms with Gasteiger partial charge in [0.2, 0.25) is 0 Å². The van der Waals surface area contributed by atoms with E-state index in [0.29, 0.717) is 0 Å². The number of benzene rings is 1. The zero-order valence-corrected chi connectivity index (χ0v) is 9.35. The maximum atomic E-state index is 12.9. The first-order chi connectivity index (χ1) is 7.19. The fourth-order valence-corrected chi connectivity index (χ4v) is 2.44. The van der Waals surface area contributed by atoms with Crippen LogP contribution in [-0.4, -0.2) is 11.0 Å². The van der Waals surface area contributed by atoms with Crippen molar-refractivity contribution in [3.05, 3.63) is 29.0 Å². The molecule has 1 aromatic carbocycles. The molecule has 0 fully saturated rings. The van der Waals surface area contributed by atoms with Gasteiger partial charge in [-0.05, 0) is 18.6 Å². The Morgan fingerprint density at radius 3 is 3.07 bits per heavy atom. The van der Waals surface area contributed by atoms with E-state index in [0.717, 1.165) is 28.1 Å². The van der Waals surface area contributed by atoms with Crippen LogP contribution in [0.25, 0.3) is 10.2 Å². The molecule has 0 aliphatic rings. The van der Waals surface area contributed by atoms with Crippen molar-refractivity contribution in [2.75, 3.05) is 0 Å². The summed E-state index contributed by atoms with van der Waals surface area (Å²) in [6.45, 7) is 2.05. The van der Waals surface area contributed by atoms with Gasteiger partial charge in [-0.1, -0.05) is 6.92 Å². The van der Waals surface area contributed by atoms with Crippen molar-refractivity contribution in [3.8, 4) is 0 Å². The van der Waals surface area contributed by atoms with Gasteiger partial charge in [0, 0.05) is 18.5 Å². The Morgan fingerprint density at radius 2 is 2.33 bits per heavy atom. The molecule has 0 aliphatic carbocycles. The van der Waals surface area contributed by atoms with Gasteiger partial charge in [-0.3, -0.25) is 0 Å². The Labute approximate surface area is 91.9 Å². The first-order valence-electron chi connectivity index (χ1n) is 4.99. The summed E-state index contributed by atoms with van der Waals surface area (Å²) in [5.74, 6) is -0.237. The fraction of sp³-hybridized carbons (Fsp3) is 0.364. The maximum Gasteiger partial charge on any atom is 0.125 e. The van der Waals surface area contributed by atoms with Crippen LogP contribution in [0.3, 0.4) is 0 Å². The molecule has 0 aliphatic heterocycles. The summed E-state index contributed by atoms with van der Waals surface area (Å²) < 4.78 is 13.9. The van der Waals surface area contributed by atoms with E-state index in [1.165, 1.54) is 12.1 Å². The fourth-order valence-electron chi connectivity index (χ4n) is 1.40. The molecule has 2 rings (SSSR count). The number of nitrogens with zero attached hydrogens (tertiary/aromatic N) is 1. The van der Waals surface area contributed by atoms with Crippen molar-refractivity contribution in [1.82, 2.24) is 4.98 Å². The van der Waals surface area contributed by atoms with Crippen molar-refractivity contribution in [3.63, 3.8) is 0 Å². The highest BCUT2D eigenvalue weighted by molar-refractivity contribution is 7.18. The Morgan fingerprint density at radius 1 is 1.53 bits per heavy atom. The zero-order valence-electron chi connectivity index (χ0n) is 8.53. The van der Waals surface area contributed by atoms with E-state index in [4.69, 9.17) is 5.73 Å². The third-order valence-electron chi connectivity index (χ3n) is 2.36. The first-order valence-corrected chi connectivity index (χ1v) is 5.81. The molecule has 0 saturated carbocycles. The predicted molar refractivity (Wildman–Crippen MR) is 61.5 cm³/mol. The molecule has 80 valence electrons. The quantitative estimate of drug-likeness (QED) is 0.870. The molecular weight excluding hydrogens is 211 g/mol. The molecule has 1 unspecified atom stereocenters. The van der Waals surface area contributed by atoms with Crippen molar-refractivity contribution >= 4 is 21.6 Å². The van der Waals surface area contributed by atoms with Crippen LogP contribution in [0.15, 0.2) is 18.2 Å². The predicted octanol–water partition coefficient (Wildman–Crippen LogP) is 2.72. The van der Waals surface area contributed by atoms with Crippen LogP contribution in [0.2, 0.25) is 0 Å². The molecule has 4 heteroatoms. The van der Waals surface area contributed by atoms with E-state index in [9.17, 15) is 4.39 Å². The van der Waals surface area contributed by atoms with E-state index >= 15 is 0 Å².